The lowest BCUT2D eigenvalue weighted by atomic mass is 10.00. The summed E-state index contributed by atoms with van der Waals surface area (Å²) in [5.41, 5.74) is 2.54. The summed E-state index contributed by atoms with van der Waals surface area (Å²) in [6, 6.07) is 6.33. The Kier molecular flexibility index (Phi) is 3.35. The first-order valence-corrected chi connectivity index (χ1v) is 4.89. The molecule has 1 aromatic carbocycles. The maximum atomic E-state index is 5.63. The second kappa shape index (κ2) is 4.31. The molecule has 1 heteroatoms. The van der Waals surface area contributed by atoms with Crippen molar-refractivity contribution in [2.75, 3.05) is 6.61 Å². The SMILES string of the molecule is CCOc1c(C)cccc1C(C)C. The number of aryl methyl sites for hydroxylation is 1. The summed E-state index contributed by atoms with van der Waals surface area (Å²) in [7, 11) is 0. The Bertz CT molecular complexity index is 276. The molecule has 0 aliphatic rings. The highest BCUT2D eigenvalue weighted by molar-refractivity contribution is 5.42. The normalized spacial score (nSPS) is 10.5. The lowest BCUT2D eigenvalue weighted by Gasteiger charge is -2.15. The van der Waals surface area contributed by atoms with E-state index in [-0.39, 0.29) is 0 Å². The van der Waals surface area contributed by atoms with Gasteiger partial charge < -0.3 is 4.74 Å². The smallest absolute Gasteiger partial charge is 0.125 e. The molecule has 0 fully saturated rings. The minimum Gasteiger partial charge on any atom is -0.493 e. The Morgan fingerprint density at radius 1 is 1.31 bits per heavy atom. The van der Waals surface area contributed by atoms with E-state index in [1.165, 1.54) is 11.1 Å². The molecular formula is C12H18O. The Morgan fingerprint density at radius 3 is 2.54 bits per heavy atom. The van der Waals surface area contributed by atoms with E-state index in [1.807, 2.05) is 6.92 Å². The third-order valence-electron chi connectivity index (χ3n) is 2.15. The van der Waals surface area contributed by atoms with Gasteiger partial charge in [0.05, 0.1) is 6.61 Å². The molecule has 0 aliphatic heterocycles. The Labute approximate surface area is 80.7 Å². The van der Waals surface area contributed by atoms with E-state index in [1.54, 1.807) is 0 Å². The molecular weight excluding hydrogens is 160 g/mol. The fourth-order valence-electron chi connectivity index (χ4n) is 1.47. The third-order valence-corrected chi connectivity index (χ3v) is 2.15. The van der Waals surface area contributed by atoms with Crippen molar-refractivity contribution in [2.24, 2.45) is 0 Å². The molecule has 0 heterocycles. The van der Waals surface area contributed by atoms with E-state index in [4.69, 9.17) is 4.74 Å². The molecule has 0 amide bonds. The first-order chi connectivity index (χ1) is 6.16. The number of ether oxygens (including phenoxy) is 1. The summed E-state index contributed by atoms with van der Waals surface area (Å²) >= 11 is 0. The monoisotopic (exact) mass is 178 g/mol. The van der Waals surface area contributed by atoms with Gasteiger partial charge in [0.1, 0.15) is 5.75 Å². The largest absolute Gasteiger partial charge is 0.493 e. The topological polar surface area (TPSA) is 9.23 Å². The van der Waals surface area contributed by atoms with Gasteiger partial charge in [-0.05, 0) is 30.9 Å². The quantitative estimate of drug-likeness (QED) is 0.688. The average molecular weight is 178 g/mol. The lowest BCUT2D eigenvalue weighted by Crippen LogP contribution is -2.00. The van der Waals surface area contributed by atoms with Crippen molar-refractivity contribution in [1.82, 2.24) is 0 Å². The van der Waals surface area contributed by atoms with Gasteiger partial charge in [0.15, 0.2) is 0 Å². The predicted molar refractivity (Wildman–Crippen MR) is 56.4 cm³/mol. The second-order valence-corrected chi connectivity index (χ2v) is 3.58. The highest BCUT2D eigenvalue weighted by Crippen LogP contribution is 2.29. The van der Waals surface area contributed by atoms with Crippen LogP contribution < -0.4 is 4.74 Å². The van der Waals surface area contributed by atoms with Crippen molar-refractivity contribution in [2.45, 2.75) is 33.6 Å². The zero-order valence-electron chi connectivity index (χ0n) is 8.92. The fraction of sp³-hybridized carbons (Fsp3) is 0.500. The van der Waals surface area contributed by atoms with Gasteiger partial charge in [-0.1, -0.05) is 32.0 Å². The first kappa shape index (κ1) is 10.1. The van der Waals surface area contributed by atoms with Gasteiger partial charge in [-0.2, -0.15) is 0 Å². The van der Waals surface area contributed by atoms with Crippen molar-refractivity contribution in [3.8, 4) is 5.75 Å². The van der Waals surface area contributed by atoms with E-state index in [0.717, 1.165) is 12.4 Å². The lowest BCUT2D eigenvalue weighted by molar-refractivity contribution is 0.333. The molecule has 1 rings (SSSR count). The van der Waals surface area contributed by atoms with Crippen LogP contribution in [0, 0.1) is 6.92 Å². The molecule has 0 aliphatic carbocycles. The van der Waals surface area contributed by atoms with Crippen molar-refractivity contribution in [3.05, 3.63) is 29.3 Å². The van der Waals surface area contributed by atoms with Gasteiger partial charge >= 0.3 is 0 Å². The standard InChI is InChI=1S/C12H18O/c1-5-13-12-10(4)7-6-8-11(12)9(2)3/h6-9H,5H2,1-4H3. The molecule has 0 spiro atoms. The number of benzene rings is 1. The van der Waals surface area contributed by atoms with Crippen molar-refractivity contribution in [1.29, 1.82) is 0 Å². The van der Waals surface area contributed by atoms with Crippen molar-refractivity contribution in [3.63, 3.8) is 0 Å². The van der Waals surface area contributed by atoms with Crippen LogP contribution in [0.15, 0.2) is 18.2 Å². The Morgan fingerprint density at radius 2 is 2.00 bits per heavy atom. The summed E-state index contributed by atoms with van der Waals surface area (Å²) in [5, 5.41) is 0. The number of para-hydroxylation sites is 1. The minimum absolute atomic E-state index is 0.529. The molecule has 0 bridgehead atoms. The van der Waals surface area contributed by atoms with Gasteiger partial charge in [-0.25, -0.2) is 0 Å². The van der Waals surface area contributed by atoms with Crippen LogP contribution in [-0.4, -0.2) is 6.61 Å². The maximum absolute atomic E-state index is 5.63. The van der Waals surface area contributed by atoms with E-state index < -0.39 is 0 Å². The highest BCUT2D eigenvalue weighted by atomic mass is 16.5. The zero-order valence-corrected chi connectivity index (χ0v) is 8.92. The molecule has 0 unspecified atom stereocenters. The van der Waals surface area contributed by atoms with Gasteiger partial charge in [0.25, 0.3) is 0 Å². The van der Waals surface area contributed by atoms with Crippen LogP contribution in [0.3, 0.4) is 0 Å². The molecule has 0 atom stereocenters. The summed E-state index contributed by atoms with van der Waals surface area (Å²) in [5.74, 6) is 1.60. The maximum Gasteiger partial charge on any atom is 0.125 e. The first-order valence-electron chi connectivity index (χ1n) is 4.89. The van der Waals surface area contributed by atoms with Crippen LogP contribution in [0.2, 0.25) is 0 Å². The van der Waals surface area contributed by atoms with Crippen LogP contribution in [0.1, 0.15) is 37.8 Å². The molecule has 13 heavy (non-hydrogen) atoms. The van der Waals surface area contributed by atoms with Crippen LogP contribution in [0.5, 0.6) is 5.75 Å². The summed E-state index contributed by atoms with van der Waals surface area (Å²) < 4.78 is 5.63. The second-order valence-electron chi connectivity index (χ2n) is 3.58. The van der Waals surface area contributed by atoms with Gasteiger partial charge in [-0.3, -0.25) is 0 Å². The molecule has 72 valence electrons. The van der Waals surface area contributed by atoms with Crippen LogP contribution >= 0.6 is 0 Å². The zero-order chi connectivity index (χ0) is 9.84. The third kappa shape index (κ3) is 2.24. The van der Waals surface area contributed by atoms with E-state index in [0.29, 0.717) is 5.92 Å². The summed E-state index contributed by atoms with van der Waals surface area (Å²) in [4.78, 5) is 0. The van der Waals surface area contributed by atoms with Gasteiger partial charge in [-0.15, -0.1) is 0 Å². The van der Waals surface area contributed by atoms with E-state index in [9.17, 15) is 0 Å². The number of hydrogen-bond acceptors (Lipinski definition) is 1. The summed E-state index contributed by atoms with van der Waals surface area (Å²) in [6.45, 7) is 9.24. The van der Waals surface area contributed by atoms with E-state index in [2.05, 4.69) is 39.0 Å². The number of hydrogen-bond donors (Lipinski definition) is 0. The predicted octanol–water partition coefficient (Wildman–Crippen LogP) is 3.52. The molecule has 0 saturated carbocycles. The van der Waals surface area contributed by atoms with Gasteiger partial charge in [0.2, 0.25) is 0 Å². The molecule has 0 radical (unpaired) electrons. The Hall–Kier alpha value is -0.980. The molecule has 1 aromatic rings. The van der Waals surface area contributed by atoms with Crippen molar-refractivity contribution < 1.29 is 4.74 Å². The minimum atomic E-state index is 0.529. The van der Waals surface area contributed by atoms with Crippen LogP contribution in [0.25, 0.3) is 0 Å². The Balaban J connectivity index is 3.09. The van der Waals surface area contributed by atoms with Gasteiger partial charge in [0, 0.05) is 0 Å². The highest BCUT2D eigenvalue weighted by Gasteiger charge is 2.08. The van der Waals surface area contributed by atoms with E-state index >= 15 is 0 Å². The molecule has 1 nitrogen and oxygen atoms in total. The average Bonchev–Trinajstić information content (AvgIpc) is 2.08. The molecule has 0 N–H and O–H groups in total. The summed E-state index contributed by atoms with van der Waals surface area (Å²) in [6.07, 6.45) is 0. The van der Waals surface area contributed by atoms with Crippen LogP contribution in [0.4, 0.5) is 0 Å². The van der Waals surface area contributed by atoms with Crippen molar-refractivity contribution >= 4 is 0 Å². The fourth-order valence-corrected chi connectivity index (χ4v) is 1.47. The molecule has 0 saturated heterocycles. The number of rotatable bonds is 3. The molecule has 0 aromatic heterocycles. The van der Waals surface area contributed by atoms with Crippen LogP contribution in [-0.2, 0) is 0 Å².